The molecule has 0 heterocycles. The second-order valence-corrected chi connectivity index (χ2v) is 9.04. The molecule has 1 aliphatic carbocycles. The molecule has 27 heavy (non-hydrogen) atoms. The van der Waals surface area contributed by atoms with Crippen molar-refractivity contribution in [1.29, 1.82) is 0 Å². The molecule has 2 N–H and O–H groups in total. The van der Waals surface area contributed by atoms with E-state index in [9.17, 15) is 18.0 Å². The van der Waals surface area contributed by atoms with Crippen LogP contribution in [-0.4, -0.2) is 31.7 Å². The lowest BCUT2D eigenvalue weighted by Gasteiger charge is -2.35. The summed E-state index contributed by atoms with van der Waals surface area (Å²) in [6.07, 6.45) is 3.19. The normalized spacial score (nSPS) is 19.1. The highest BCUT2D eigenvalue weighted by molar-refractivity contribution is 7.90. The van der Waals surface area contributed by atoms with Crippen LogP contribution in [0.4, 0.5) is 5.69 Å². The van der Waals surface area contributed by atoms with Crippen LogP contribution < -0.4 is 5.32 Å². The van der Waals surface area contributed by atoms with Crippen LogP contribution in [0.15, 0.2) is 53.4 Å². The Morgan fingerprint density at radius 3 is 2.37 bits per heavy atom. The zero-order valence-corrected chi connectivity index (χ0v) is 15.7. The minimum atomic E-state index is -3.59. The van der Waals surface area contributed by atoms with Crippen molar-refractivity contribution in [1.82, 2.24) is 0 Å². The maximum atomic E-state index is 12.3. The van der Waals surface area contributed by atoms with Gasteiger partial charge in [-0.15, -0.1) is 0 Å². The fraction of sp³-hybridized carbons (Fsp3) is 0.300. The molecular weight excluding hydrogens is 366 g/mol. The Labute approximate surface area is 158 Å². The Morgan fingerprint density at radius 1 is 1.11 bits per heavy atom. The van der Waals surface area contributed by atoms with Crippen LogP contribution in [0.5, 0.6) is 0 Å². The van der Waals surface area contributed by atoms with Gasteiger partial charge in [-0.2, -0.15) is 0 Å². The number of benzene rings is 2. The summed E-state index contributed by atoms with van der Waals surface area (Å²) in [4.78, 5) is 23.4. The number of carboxylic acids is 1. The summed E-state index contributed by atoms with van der Waals surface area (Å²) in [5.41, 5.74) is 1.28. The summed E-state index contributed by atoms with van der Waals surface area (Å²) in [6, 6.07) is 13.8. The molecule has 0 radical (unpaired) electrons. The Morgan fingerprint density at radius 2 is 1.78 bits per heavy atom. The fourth-order valence-electron chi connectivity index (χ4n) is 3.38. The molecule has 0 atom stereocenters. The van der Waals surface area contributed by atoms with E-state index < -0.39 is 15.8 Å². The molecule has 1 saturated carbocycles. The van der Waals surface area contributed by atoms with Gasteiger partial charge in [0, 0.05) is 18.4 Å². The molecule has 2 aromatic carbocycles. The maximum Gasteiger partial charge on any atom is 0.335 e. The number of nitrogens with one attached hydrogen (secondary N) is 1. The summed E-state index contributed by atoms with van der Waals surface area (Å²) >= 11 is 0. The third kappa shape index (κ3) is 4.74. The van der Waals surface area contributed by atoms with Crippen LogP contribution in [0.2, 0.25) is 0 Å². The Hall–Kier alpha value is -2.67. The molecule has 3 rings (SSSR count). The first-order valence-electron chi connectivity index (χ1n) is 8.65. The molecule has 1 fully saturated rings. The van der Waals surface area contributed by atoms with E-state index in [4.69, 9.17) is 5.11 Å². The average Bonchev–Trinajstić information content (AvgIpc) is 2.57. The van der Waals surface area contributed by atoms with Crippen LogP contribution >= 0.6 is 0 Å². The molecule has 6 nitrogen and oxygen atoms in total. The first-order chi connectivity index (χ1) is 12.7. The fourth-order valence-corrected chi connectivity index (χ4v) is 4.06. The number of amides is 1. The summed E-state index contributed by atoms with van der Waals surface area (Å²) in [7, 11) is -3.59. The van der Waals surface area contributed by atoms with Gasteiger partial charge >= 0.3 is 5.97 Å². The van der Waals surface area contributed by atoms with Crippen molar-refractivity contribution in [3.63, 3.8) is 0 Å². The predicted octanol–water partition coefficient (Wildman–Crippen LogP) is 3.31. The monoisotopic (exact) mass is 387 g/mol. The summed E-state index contributed by atoms with van der Waals surface area (Å²) in [6.45, 7) is 0. The minimum Gasteiger partial charge on any atom is -0.478 e. The van der Waals surface area contributed by atoms with E-state index in [1.807, 2.05) is 18.2 Å². The molecular formula is C20H21NO5S. The number of carbonyl (C=O) groups excluding carboxylic acids is 1. The third-order valence-electron chi connectivity index (χ3n) is 4.85. The van der Waals surface area contributed by atoms with Gasteiger partial charge in [0.1, 0.15) is 0 Å². The van der Waals surface area contributed by atoms with E-state index in [0.29, 0.717) is 12.3 Å². The average molecular weight is 387 g/mol. The highest BCUT2D eigenvalue weighted by atomic mass is 32.2. The van der Waals surface area contributed by atoms with E-state index >= 15 is 0 Å². The number of carboxylic acid groups (broad SMARTS) is 1. The molecule has 0 unspecified atom stereocenters. The molecule has 2 aromatic rings. The van der Waals surface area contributed by atoms with E-state index in [1.165, 1.54) is 17.7 Å². The highest BCUT2D eigenvalue weighted by Gasteiger charge is 2.31. The van der Waals surface area contributed by atoms with Crippen molar-refractivity contribution in [2.45, 2.75) is 30.1 Å². The molecule has 7 heteroatoms. The molecule has 1 aliphatic rings. The van der Waals surface area contributed by atoms with Gasteiger partial charge < -0.3 is 10.4 Å². The van der Waals surface area contributed by atoms with Crippen molar-refractivity contribution >= 4 is 27.4 Å². The zero-order chi connectivity index (χ0) is 19.6. The number of hydrogen-bond acceptors (Lipinski definition) is 4. The van der Waals surface area contributed by atoms with Gasteiger partial charge in [0.05, 0.1) is 10.5 Å². The molecule has 0 saturated heterocycles. The van der Waals surface area contributed by atoms with Crippen LogP contribution in [0, 0.1) is 5.92 Å². The molecule has 1 amide bonds. The van der Waals surface area contributed by atoms with E-state index in [1.54, 1.807) is 0 Å². The van der Waals surface area contributed by atoms with Gasteiger partial charge in [-0.3, -0.25) is 4.79 Å². The lowest BCUT2D eigenvalue weighted by molar-refractivity contribution is -0.117. The van der Waals surface area contributed by atoms with Crippen molar-refractivity contribution in [2.24, 2.45) is 5.92 Å². The Kier molecular flexibility index (Phi) is 5.32. The molecule has 0 bridgehead atoms. The predicted molar refractivity (Wildman–Crippen MR) is 102 cm³/mol. The topological polar surface area (TPSA) is 101 Å². The standard InChI is InChI=1S/C20H21NO5S/c1-27(25,26)18-11-16(20(23)24)10-17(12-18)21-19(22)9-13-7-15(8-13)14-5-3-2-4-6-14/h2-6,10-13,15H,7-9H2,1H3,(H,21,22)(H,23,24). The van der Waals surface area contributed by atoms with Crippen LogP contribution in [0.3, 0.4) is 0 Å². The summed E-state index contributed by atoms with van der Waals surface area (Å²) in [5, 5.41) is 11.8. The molecule has 0 aliphatic heterocycles. The third-order valence-corrected chi connectivity index (χ3v) is 5.94. The van der Waals surface area contributed by atoms with Gasteiger partial charge in [0.2, 0.25) is 5.91 Å². The molecule has 0 spiro atoms. The largest absolute Gasteiger partial charge is 0.478 e. The van der Waals surface area contributed by atoms with E-state index in [-0.39, 0.29) is 28.0 Å². The van der Waals surface area contributed by atoms with E-state index in [2.05, 4.69) is 17.4 Å². The van der Waals surface area contributed by atoms with Crippen LogP contribution in [0.1, 0.15) is 41.1 Å². The van der Waals surface area contributed by atoms with Crippen molar-refractivity contribution in [3.8, 4) is 0 Å². The number of hydrogen-bond donors (Lipinski definition) is 2. The molecule has 142 valence electrons. The quantitative estimate of drug-likeness (QED) is 0.792. The number of carbonyl (C=O) groups is 2. The van der Waals surface area contributed by atoms with E-state index in [0.717, 1.165) is 25.2 Å². The van der Waals surface area contributed by atoms with Gasteiger partial charge in [0.25, 0.3) is 0 Å². The minimum absolute atomic E-state index is 0.134. The van der Waals surface area contributed by atoms with Gasteiger partial charge in [-0.25, -0.2) is 13.2 Å². The second kappa shape index (κ2) is 7.52. The van der Waals surface area contributed by atoms with Gasteiger partial charge in [0.15, 0.2) is 9.84 Å². The maximum absolute atomic E-state index is 12.3. The van der Waals surface area contributed by atoms with Crippen LogP contribution in [0.25, 0.3) is 0 Å². The first-order valence-corrected chi connectivity index (χ1v) is 10.5. The van der Waals surface area contributed by atoms with Crippen molar-refractivity contribution in [3.05, 3.63) is 59.7 Å². The Balaban J connectivity index is 1.63. The van der Waals surface area contributed by atoms with Crippen LogP contribution in [-0.2, 0) is 14.6 Å². The number of sulfone groups is 1. The highest BCUT2D eigenvalue weighted by Crippen LogP contribution is 2.43. The zero-order valence-electron chi connectivity index (χ0n) is 14.9. The molecule has 0 aromatic heterocycles. The first kappa shape index (κ1) is 19.1. The second-order valence-electron chi connectivity index (χ2n) is 7.02. The Bertz CT molecular complexity index is 963. The number of anilines is 1. The lowest BCUT2D eigenvalue weighted by atomic mass is 9.70. The SMILES string of the molecule is CS(=O)(=O)c1cc(NC(=O)CC2CC(c3ccccc3)C2)cc(C(=O)O)c1. The van der Waals surface area contributed by atoms with Crippen molar-refractivity contribution < 1.29 is 23.1 Å². The van der Waals surface area contributed by atoms with Crippen molar-refractivity contribution in [2.75, 3.05) is 11.6 Å². The smallest absolute Gasteiger partial charge is 0.335 e. The van der Waals surface area contributed by atoms with Gasteiger partial charge in [-0.1, -0.05) is 30.3 Å². The number of aromatic carboxylic acids is 1. The van der Waals surface area contributed by atoms with Gasteiger partial charge in [-0.05, 0) is 48.4 Å². The summed E-state index contributed by atoms with van der Waals surface area (Å²) < 4.78 is 23.5. The lowest BCUT2D eigenvalue weighted by Crippen LogP contribution is -2.26. The number of rotatable bonds is 6. The summed E-state index contributed by atoms with van der Waals surface area (Å²) in [5.74, 6) is -0.752.